The van der Waals surface area contributed by atoms with Crippen molar-refractivity contribution in [2.24, 2.45) is 17.6 Å². The molecule has 154 valence electrons. The van der Waals surface area contributed by atoms with Crippen molar-refractivity contribution < 1.29 is 9.53 Å². The Kier molecular flexibility index (Phi) is 5.61. The molecule has 2 heterocycles. The highest BCUT2D eigenvalue weighted by atomic mass is 16.5. The van der Waals surface area contributed by atoms with Crippen LogP contribution in [0.5, 0.6) is 5.75 Å². The molecule has 2 aromatic carbocycles. The van der Waals surface area contributed by atoms with Gasteiger partial charge in [0.05, 0.1) is 0 Å². The Morgan fingerprint density at radius 1 is 1.10 bits per heavy atom. The lowest BCUT2D eigenvalue weighted by Crippen LogP contribution is -2.33. The Balaban J connectivity index is 1.53. The second-order valence-corrected chi connectivity index (χ2v) is 8.49. The smallest absolute Gasteiger partial charge is 0.254 e. The number of rotatable bonds is 5. The summed E-state index contributed by atoms with van der Waals surface area (Å²) < 4.78 is 5.71. The van der Waals surface area contributed by atoms with Crippen LogP contribution < -0.4 is 10.5 Å². The van der Waals surface area contributed by atoms with Crippen molar-refractivity contribution in [1.29, 1.82) is 0 Å². The molecular weight excluding hydrogens is 362 g/mol. The van der Waals surface area contributed by atoms with E-state index in [1.54, 1.807) is 0 Å². The van der Waals surface area contributed by atoms with Crippen LogP contribution in [0.1, 0.15) is 33.1 Å². The molecule has 2 fully saturated rings. The zero-order valence-electron chi connectivity index (χ0n) is 17.6. The van der Waals surface area contributed by atoms with E-state index in [0.717, 1.165) is 30.9 Å². The van der Waals surface area contributed by atoms with E-state index in [1.807, 2.05) is 30.0 Å². The zero-order valence-corrected chi connectivity index (χ0v) is 17.6. The first-order valence-corrected chi connectivity index (χ1v) is 10.5. The van der Waals surface area contributed by atoms with Crippen molar-refractivity contribution in [3.63, 3.8) is 0 Å². The first kappa shape index (κ1) is 19.9. The van der Waals surface area contributed by atoms with Crippen molar-refractivity contribution in [2.45, 2.75) is 19.9 Å². The third-order valence-electron chi connectivity index (χ3n) is 6.50. The Hall–Kier alpha value is -2.37. The maximum Gasteiger partial charge on any atom is 0.254 e. The van der Waals surface area contributed by atoms with Crippen LogP contribution in [0.3, 0.4) is 0 Å². The fourth-order valence-electron chi connectivity index (χ4n) is 5.05. The molecule has 2 aliphatic rings. The number of hydrogen-bond donors (Lipinski definition) is 1. The average Bonchev–Trinajstić information content (AvgIpc) is 3.24. The summed E-state index contributed by atoms with van der Waals surface area (Å²) in [5.74, 6) is 1.84. The van der Waals surface area contributed by atoms with E-state index in [1.165, 1.54) is 11.1 Å². The molecule has 0 saturated carbocycles. The molecule has 2 N–H and O–H groups in total. The third-order valence-corrected chi connectivity index (χ3v) is 6.50. The Morgan fingerprint density at radius 3 is 2.66 bits per heavy atom. The molecule has 4 rings (SSSR count). The van der Waals surface area contributed by atoms with Gasteiger partial charge in [0.1, 0.15) is 12.4 Å². The molecule has 2 saturated heterocycles. The molecule has 0 aliphatic carbocycles. The maximum atomic E-state index is 13.2. The normalized spacial score (nSPS) is 24.0. The lowest BCUT2D eigenvalue weighted by Gasteiger charge is -2.28. The standard InChI is InChI=1S/C24H31N3O2/c1-16-6-4-5-7-20(16)23-21-15-27(14-19(21)13-26(23)3)24(28)18-9-8-17(2)22(12-18)29-11-10-25/h4-9,12,19,21,23H,10-11,13-15,25H2,1-3H3/t19-,21+,23+/m0/s1. The number of benzene rings is 2. The monoisotopic (exact) mass is 393 g/mol. The van der Waals surface area contributed by atoms with Crippen molar-refractivity contribution >= 4 is 5.91 Å². The summed E-state index contributed by atoms with van der Waals surface area (Å²) in [5, 5.41) is 0. The van der Waals surface area contributed by atoms with Crippen molar-refractivity contribution in [3.8, 4) is 5.75 Å². The van der Waals surface area contributed by atoms with E-state index < -0.39 is 0 Å². The van der Waals surface area contributed by atoms with Gasteiger partial charge in [0.25, 0.3) is 5.91 Å². The van der Waals surface area contributed by atoms with Crippen LogP contribution in [0.4, 0.5) is 0 Å². The van der Waals surface area contributed by atoms with Gasteiger partial charge < -0.3 is 15.4 Å². The average molecular weight is 394 g/mol. The molecule has 2 aliphatic heterocycles. The number of aryl methyl sites for hydroxylation is 2. The molecule has 5 nitrogen and oxygen atoms in total. The fraction of sp³-hybridized carbons (Fsp3) is 0.458. The highest BCUT2D eigenvalue weighted by molar-refractivity contribution is 5.95. The minimum atomic E-state index is 0.100. The van der Waals surface area contributed by atoms with Gasteiger partial charge in [-0.15, -0.1) is 0 Å². The molecule has 2 aromatic rings. The number of amides is 1. The van der Waals surface area contributed by atoms with Gasteiger partial charge in [-0.25, -0.2) is 0 Å². The predicted octanol–water partition coefficient (Wildman–Crippen LogP) is 3.02. The quantitative estimate of drug-likeness (QED) is 0.848. The van der Waals surface area contributed by atoms with E-state index >= 15 is 0 Å². The Bertz CT molecular complexity index is 897. The van der Waals surface area contributed by atoms with Crippen LogP contribution in [-0.4, -0.2) is 55.5 Å². The van der Waals surface area contributed by atoms with Gasteiger partial charge in [0.15, 0.2) is 0 Å². The van der Waals surface area contributed by atoms with Crippen LogP contribution in [0.25, 0.3) is 0 Å². The summed E-state index contributed by atoms with van der Waals surface area (Å²) in [6.07, 6.45) is 0. The second kappa shape index (κ2) is 8.17. The summed E-state index contributed by atoms with van der Waals surface area (Å²) >= 11 is 0. The molecule has 0 bridgehead atoms. The van der Waals surface area contributed by atoms with Crippen molar-refractivity contribution in [3.05, 3.63) is 64.7 Å². The van der Waals surface area contributed by atoms with Gasteiger partial charge in [-0.1, -0.05) is 30.3 Å². The molecule has 0 unspecified atom stereocenters. The number of carbonyl (C=O) groups excluding carboxylic acids is 1. The number of ether oxygens (including phenoxy) is 1. The minimum absolute atomic E-state index is 0.100. The summed E-state index contributed by atoms with van der Waals surface area (Å²) in [6.45, 7) is 7.75. The maximum absolute atomic E-state index is 13.2. The molecule has 0 radical (unpaired) electrons. The first-order valence-electron chi connectivity index (χ1n) is 10.5. The van der Waals surface area contributed by atoms with Crippen LogP contribution in [0.2, 0.25) is 0 Å². The van der Waals surface area contributed by atoms with Crippen LogP contribution >= 0.6 is 0 Å². The molecule has 3 atom stereocenters. The van der Waals surface area contributed by atoms with Gasteiger partial charge in [-0.3, -0.25) is 9.69 Å². The topological polar surface area (TPSA) is 58.8 Å². The lowest BCUT2D eigenvalue weighted by molar-refractivity contribution is 0.0767. The second-order valence-electron chi connectivity index (χ2n) is 8.49. The van der Waals surface area contributed by atoms with Crippen LogP contribution in [0, 0.1) is 25.7 Å². The van der Waals surface area contributed by atoms with Gasteiger partial charge >= 0.3 is 0 Å². The summed E-state index contributed by atoms with van der Waals surface area (Å²) in [6, 6.07) is 14.8. The Morgan fingerprint density at radius 2 is 1.90 bits per heavy atom. The van der Waals surface area contributed by atoms with Crippen molar-refractivity contribution in [1.82, 2.24) is 9.80 Å². The zero-order chi connectivity index (χ0) is 20.5. The molecule has 5 heteroatoms. The number of nitrogens with zero attached hydrogens (tertiary/aromatic N) is 2. The van der Waals surface area contributed by atoms with Crippen LogP contribution in [-0.2, 0) is 0 Å². The third kappa shape index (κ3) is 3.77. The molecule has 0 spiro atoms. The summed E-state index contributed by atoms with van der Waals surface area (Å²) in [5.41, 5.74) is 10.00. The van der Waals surface area contributed by atoms with Gasteiger partial charge in [-0.05, 0) is 55.6 Å². The van der Waals surface area contributed by atoms with Gasteiger partial charge in [0.2, 0.25) is 0 Å². The fourth-order valence-corrected chi connectivity index (χ4v) is 5.05. The SMILES string of the molecule is Cc1ccc(C(=O)N2C[C@@H]3CN(C)[C@H](c4ccccc4C)[C@@H]3C2)cc1OCCN. The predicted molar refractivity (Wildman–Crippen MR) is 115 cm³/mol. The molecule has 29 heavy (non-hydrogen) atoms. The summed E-state index contributed by atoms with van der Waals surface area (Å²) in [7, 11) is 2.21. The van der Waals surface area contributed by atoms with Crippen LogP contribution in [0.15, 0.2) is 42.5 Å². The molecule has 1 amide bonds. The largest absolute Gasteiger partial charge is 0.492 e. The lowest BCUT2D eigenvalue weighted by atomic mass is 9.88. The van der Waals surface area contributed by atoms with E-state index in [2.05, 4.69) is 43.1 Å². The van der Waals surface area contributed by atoms with E-state index in [0.29, 0.717) is 36.6 Å². The van der Waals surface area contributed by atoms with Gasteiger partial charge in [-0.2, -0.15) is 0 Å². The number of carbonyl (C=O) groups is 1. The number of likely N-dealkylation sites (tertiary alicyclic amines) is 2. The molecule has 0 aromatic heterocycles. The highest BCUT2D eigenvalue weighted by Gasteiger charge is 2.47. The number of nitrogens with two attached hydrogens (primary N) is 1. The van der Waals surface area contributed by atoms with E-state index in [9.17, 15) is 4.79 Å². The molecular formula is C24H31N3O2. The number of fused-ring (bicyclic) bond motifs is 1. The van der Waals surface area contributed by atoms with E-state index in [4.69, 9.17) is 10.5 Å². The van der Waals surface area contributed by atoms with Gasteiger partial charge in [0, 0.05) is 43.7 Å². The van der Waals surface area contributed by atoms with E-state index in [-0.39, 0.29) is 5.91 Å². The minimum Gasteiger partial charge on any atom is -0.492 e. The summed E-state index contributed by atoms with van der Waals surface area (Å²) in [4.78, 5) is 17.7. The Labute approximate surface area is 173 Å². The highest BCUT2D eigenvalue weighted by Crippen LogP contribution is 2.45. The van der Waals surface area contributed by atoms with Crippen molar-refractivity contribution in [2.75, 3.05) is 39.8 Å². The first-order chi connectivity index (χ1) is 14.0. The number of hydrogen-bond acceptors (Lipinski definition) is 4.